The Kier molecular flexibility index (Phi) is 25.8. The molecule has 0 saturated heterocycles. The third-order valence-electron chi connectivity index (χ3n) is 2.17. The first kappa shape index (κ1) is 32.3. The number of carbonyl (C=O) groups is 4. The zero-order valence-electron chi connectivity index (χ0n) is 12.7. The quantitative estimate of drug-likeness (QED) is 0.255. The minimum atomic E-state index is -1.23. The maximum Gasteiger partial charge on any atom is 2.00 e. The average molecular weight is 412 g/mol. The molecule has 0 aliphatic carbocycles. The molecule has 23 heavy (non-hydrogen) atoms. The molecule has 0 radical (unpaired) electrons. The number of aliphatic carboxylic acids is 4. The van der Waals surface area contributed by atoms with Crippen LogP contribution in [-0.4, -0.2) is 207 Å². The first-order chi connectivity index (χ1) is 9.20. The van der Waals surface area contributed by atoms with Crippen molar-refractivity contribution in [1.82, 2.24) is 9.80 Å². The summed E-state index contributed by atoms with van der Waals surface area (Å²) in [5.74, 6) is -4.91. The Hall–Kier alpha value is 1.58. The minimum Gasteiger partial charge on any atom is -0.480 e. The number of nitrogens with zero attached hydrogens (tertiary/aromatic N) is 2. The van der Waals surface area contributed by atoms with Gasteiger partial charge in [0.1, 0.15) is 0 Å². The monoisotopic (exact) mass is 412 g/mol. The summed E-state index contributed by atoms with van der Waals surface area (Å²) in [6, 6.07) is 0. The molecule has 10 nitrogen and oxygen atoms in total. The molecule has 0 bridgehead atoms. The third-order valence-corrected chi connectivity index (χ3v) is 2.17. The van der Waals surface area contributed by atoms with Crippen LogP contribution in [0.15, 0.2) is 0 Å². The van der Waals surface area contributed by atoms with E-state index < -0.39 is 50.1 Å². The Balaban J connectivity index is -0.000000602. The van der Waals surface area contributed by atoms with Gasteiger partial charge in [-0.05, 0) is 0 Å². The Morgan fingerprint density at radius 1 is 0.522 bits per heavy atom. The molecule has 0 aromatic carbocycles. The van der Waals surface area contributed by atoms with Crippen LogP contribution in [0, 0.1) is 0 Å². The minimum absolute atomic E-state index is 0. The summed E-state index contributed by atoms with van der Waals surface area (Å²) < 4.78 is 0. The molecule has 0 unspecified atom stereocenters. The van der Waals surface area contributed by atoms with E-state index in [1.54, 1.807) is 0 Å². The van der Waals surface area contributed by atoms with Crippen LogP contribution in [0.4, 0.5) is 0 Å². The fourth-order valence-electron chi connectivity index (χ4n) is 1.48. The van der Waals surface area contributed by atoms with Gasteiger partial charge in [0.15, 0.2) is 0 Å². The molecule has 0 aliphatic rings. The molecular weight excluding hydrogens is 396 g/mol. The van der Waals surface area contributed by atoms with Gasteiger partial charge in [-0.25, -0.2) is 0 Å². The molecule has 0 spiro atoms. The molecule has 0 amide bonds. The molecule has 4 N–H and O–H groups in total. The second kappa shape index (κ2) is 18.4. The van der Waals surface area contributed by atoms with Gasteiger partial charge in [-0.2, -0.15) is 0 Å². The van der Waals surface area contributed by atoms with E-state index in [4.69, 9.17) is 20.4 Å². The van der Waals surface area contributed by atoms with Gasteiger partial charge in [-0.1, -0.05) is 0 Å². The predicted molar refractivity (Wildman–Crippen MR) is 80.7 cm³/mol. The number of carboxylic acid groups (broad SMARTS) is 4. The van der Waals surface area contributed by atoms with Gasteiger partial charge in [-0.15, -0.1) is 0 Å². The number of hydrogen-bond donors (Lipinski definition) is 4. The van der Waals surface area contributed by atoms with Gasteiger partial charge < -0.3 is 20.4 Å². The zero-order valence-corrected chi connectivity index (χ0v) is 19.3. The van der Waals surface area contributed by atoms with Crippen LogP contribution < -0.4 is 0 Å². The molecule has 0 heterocycles. The molecule has 13 heteroatoms. The van der Waals surface area contributed by atoms with Gasteiger partial charge in [-0.3, -0.25) is 29.0 Å². The van der Waals surface area contributed by atoms with E-state index in [9.17, 15) is 19.2 Å². The second-order valence-electron chi connectivity index (χ2n) is 4.00. The molecule has 0 aromatic rings. The van der Waals surface area contributed by atoms with Crippen LogP contribution in [0.5, 0.6) is 0 Å². The van der Waals surface area contributed by atoms with Crippen molar-refractivity contribution in [2.24, 2.45) is 0 Å². The normalized spacial score (nSPS) is 9.30. The van der Waals surface area contributed by atoms with Gasteiger partial charge in [0.2, 0.25) is 0 Å². The molecule has 0 saturated carbocycles. The molecule has 0 aromatic heterocycles. The maximum absolute atomic E-state index is 10.6. The summed E-state index contributed by atoms with van der Waals surface area (Å²) in [6.07, 6.45) is 0. The summed E-state index contributed by atoms with van der Waals surface area (Å²) in [5, 5.41) is 34.5. The predicted octanol–water partition coefficient (Wildman–Crippen LogP) is -3.21. The third kappa shape index (κ3) is 21.5. The van der Waals surface area contributed by atoms with Crippen LogP contribution in [-0.2, 0) is 19.2 Å². The van der Waals surface area contributed by atoms with E-state index in [1.807, 2.05) is 0 Å². The van der Waals surface area contributed by atoms with Crippen LogP contribution in [0.25, 0.3) is 0 Å². The van der Waals surface area contributed by atoms with E-state index in [2.05, 4.69) is 0 Å². The molecule has 0 rings (SSSR count). The first-order valence-corrected chi connectivity index (χ1v) is 5.52. The van der Waals surface area contributed by atoms with Gasteiger partial charge in [0.05, 0.1) is 26.2 Å². The van der Waals surface area contributed by atoms with Crippen LogP contribution in [0.1, 0.15) is 0 Å². The summed E-state index contributed by atoms with van der Waals surface area (Å²) in [6.45, 7) is -2.25. The Labute approximate surface area is 222 Å². The van der Waals surface area contributed by atoms with E-state index >= 15 is 0 Å². The topological polar surface area (TPSA) is 156 Å². The number of carboxylic acids is 4. The summed E-state index contributed by atoms with van der Waals surface area (Å²) in [5.41, 5.74) is 0. The molecular formula is C10H16Ca3N2O8+6. The molecule has 114 valence electrons. The van der Waals surface area contributed by atoms with Crippen LogP contribution >= 0.6 is 0 Å². The SMILES string of the molecule is O=C(O)CN(CCN(CC(=O)O)CC(=O)O)CC(=O)O.[Ca+2].[Ca+2].[Ca+2]. The number of rotatable bonds is 11. The summed E-state index contributed by atoms with van der Waals surface area (Å²) in [4.78, 5) is 44.4. The Morgan fingerprint density at radius 3 is 0.826 bits per heavy atom. The summed E-state index contributed by atoms with van der Waals surface area (Å²) in [7, 11) is 0. The molecule has 0 fully saturated rings. The zero-order chi connectivity index (χ0) is 15.7. The van der Waals surface area contributed by atoms with Crippen molar-refractivity contribution in [3.63, 3.8) is 0 Å². The van der Waals surface area contributed by atoms with Crippen molar-refractivity contribution in [1.29, 1.82) is 0 Å². The van der Waals surface area contributed by atoms with Crippen molar-refractivity contribution in [3.05, 3.63) is 0 Å². The van der Waals surface area contributed by atoms with Gasteiger partial charge in [0, 0.05) is 13.1 Å². The molecule has 0 aliphatic heterocycles. The Bertz CT molecular complexity index is 328. The van der Waals surface area contributed by atoms with Crippen LogP contribution in [0.3, 0.4) is 0 Å². The van der Waals surface area contributed by atoms with Crippen molar-refractivity contribution < 1.29 is 39.6 Å². The van der Waals surface area contributed by atoms with Crippen molar-refractivity contribution in [2.45, 2.75) is 0 Å². The van der Waals surface area contributed by atoms with E-state index in [0.29, 0.717) is 0 Å². The van der Waals surface area contributed by atoms with E-state index in [-0.39, 0.29) is 126 Å². The van der Waals surface area contributed by atoms with Gasteiger partial charge in [0.25, 0.3) is 0 Å². The number of hydrogen-bond acceptors (Lipinski definition) is 6. The van der Waals surface area contributed by atoms with Gasteiger partial charge >= 0.3 is 137 Å². The largest absolute Gasteiger partial charge is 2.00 e. The standard InChI is InChI=1S/C10H16N2O8.3Ca/c13-7(14)3-11(4-8(15)16)1-2-12(5-9(17)18)6-10(19)20;;;/h1-6H2,(H,13,14)(H,15,16)(H,17,18)(H,19,20);;;/q;3*+2. The fourth-order valence-corrected chi connectivity index (χ4v) is 1.48. The van der Waals surface area contributed by atoms with E-state index in [0.717, 1.165) is 9.80 Å². The average Bonchev–Trinajstić information content (AvgIpc) is 2.22. The first-order valence-electron chi connectivity index (χ1n) is 5.52. The van der Waals surface area contributed by atoms with Crippen LogP contribution in [0.2, 0.25) is 0 Å². The van der Waals surface area contributed by atoms with E-state index in [1.165, 1.54) is 0 Å². The maximum atomic E-state index is 10.6. The second-order valence-corrected chi connectivity index (χ2v) is 4.00. The fraction of sp³-hybridized carbons (Fsp3) is 0.600. The summed E-state index contributed by atoms with van der Waals surface area (Å²) >= 11 is 0. The smallest absolute Gasteiger partial charge is 0.480 e. The molecule has 0 atom stereocenters. The van der Waals surface area contributed by atoms with Crippen molar-refractivity contribution >= 4 is 137 Å². The van der Waals surface area contributed by atoms with Crippen molar-refractivity contribution in [3.8, 4) is 0 Å². The Morgan fingerprint density at radius 2 is 0.696 bits per heavy atom. The van der Waals surface area contributed by atoms with Crippen molar-refractivity contribution in [2.75, 3.05) is 39.3 Å².